The number of benzene rings is 4. The molecule has 0 aliphatic heterocycles. The van der Waals surface area contributed by atoms with E-state index in [0.29, 0.717) is 35.6 Å². The molecule has 0 aliphatic carbocycles. The Morgan fingerprint density at radius 2 is 0.488 bits per heavy atom. The van der Waals surface area contributed by atoms with Gasteiger partial charge in [0.25, 0.3) is 0 Å². The van der Waals surface area contributed by atoms with E-state index in [0.717, 1.165) is 113 Å². The van der Waals surface area contributed by atoms with Crippen molar-refractivity contribution in [3.8, 4) is 0 Å². The van der Waals surface area contributed by atoms with Crippen LogP contribution in [0.15, 0.2) is 170 Å². The monoisotopic (exact) mass is 1290 g/mol. The summed E-state index contributed by atoms with van der Waals surface area (Å²) in [6, 6.07) is 47.3. The molecule has 0 atom stereocenters. The Morgan fingerprint density at radius 3 is 0.679 bits per heavy atom. The van der Waals surface area contributed by atoms with Gasteiger partial charge >= 0.3 is 100 Å². The Labute approximate surface area is 491 Å². The zero-order valence-corrected chi connectivity index (χ0v) is 47.9. The number of pyridine rings is 8. The van der Waals surface area contributed by atoms with Crippen LogP contribution in [0.25, 0.3) is 87.2 Å². The van der Waals surface area contributed by atoms with Gasteiger partial charge in [-0.25, -0.2) is 0 Å². The Morgan fingerprint density at radius 1 is 0.310 bits per heavy atom. The van der Waals surface area contributed by atoms with Crippen LogP contribution in [0.5, 0.6) is 0 Å². The van der Waals surface area contributed by atoms with Crippen LogP contribution < -0.4 is 10.2 Å². The Hall–Kier alpha value is -6.86. The molecule has 0 unspecified atom stereocenters. The molecular weight excluding hydrogens is 1240 g/mol. The second kappa shape index (κ2) is 22.9. The van der Waals surface area contributed by atoms with Crippen LogP contribution >= 0.6 is 15.6 Å². The van der Waals surface area contributed by atoms with Gasteiger partial charge in [-0.1, -0.05) is 149 Å². The molecule has 0 amide bonds. The number of rotatable bonds is 10. The van der Waals surface area contributed by atoms with E-state index < -0.39 is 26.8 Å². The van der Waals surface area contributed by atoms with Gasteiger partial charge in [-0.05, 0) is 59.7 Å². The molecule has 0 N–H and O–H groups in total. The van der Waals surface area contributed by atoms with E-state index in [1.54, 1.807) is 24.8 Å². The third-order valence-electron chi connectivity index (χ3n) is 13.1. The summed E-state index contributed by atoms with van der Waals surface area (Å²) in [5, 5.41) is 37.2. The van der Waals surface area contributed by atoms with Crippen molar-refractivity contribution in [2.75, 3.05) is 0 Å². The van der Waals surface area contributed by atoms with Crippen LogP contribution in [-0.4, -0.2) is 39.9 Å². The SMILES string of the molecule is CCCCC([O-])(c1ccc2ccc3cccnc3c2n1)c1ccc2ccc3cccnc3c2n1.CCCCC([O-])(c1ccc2ccc3cccnc3c2n1)c1ccc2ccc3cccnc3c2n1.F[P-](F)(F)(F)(F)F.F[P-](F)(F)(F)(F)F.[Fe+2].[Fe+2]. The number of aromatic nitrogens is 8. The number of hydrogen-bond acceptors (Lipinski definition) is 10. The number of unbranched alkanes of at least 4 members (excludes halogenated alkanes) is 2. The summed E-state index contributed by atoms with van der Waals surface area (Å²) in [5.74, 6) is 0. The van der Waals surface area contributed by atoms with Crippen LogP contribution in [0.2, 0.25) is 0 Å². The van der Waals surface area contributed by atoms with Crippen LogP contribution in [0.4, 0.5) is 50.4 Å². The number of halogens is 12. The molecule has 84 heavy (non-hydrogen) atoms. The molecule has 0 spiro atoms. The molecule has 8 heterocycles. The molecule has 0 aliphatic rings. The van der Waals surface area contributed by atoms with Gasteiger partial charge in [-0.2, -0.15) is 0 Å². The van der Waals surface area contributed by atoms with Crippen molar-refractivity contribution in [1.82, 2.24) is 39.9 Å². The molecule has 440 valence electrons. The Kier molecular flexibility index (Phi) is 17.6. The molecule has 0 saturated heterocycles. The minimum absolute atomic E-state index is 0. The molecule has 12 aromatic rings. The van der Waals surface area contributed by atoms with E-state index in [2.05, 4.69) is 33.8 Å². The standard InChI is InChI=1S/2C29H23N4O.2F6P.2Fe/c2*1-2-3-16-29(34,23-14-12-21-10-8-19-6-4-17-30-25(19)27(21)32-23)24-15-13-22-11-9-20-7-5-18-31-26(20)28(22)33-24;2*1-7(2,3,4,5)6;;/h2*4-15,17-18H,2-3,16H2,1H3;;;;/q4*-1;2*+2. The summed E-state index contributed by atoms with van der Waals surface area (Å²) in [4.78, 5) is 37.9. The quantitative estimate of drug-likeness (QED) is 0.0560. The van der Waals surface area contributed by atoms with Gasteiger partial charge in [0.1, 0.15) is 0 Å². The maximum atomic E-state index is 14.7. The molecule has 4 aromatic carbocycles. The molecule has 0 saturated carbocycles. The number of hydrogen-bond donors (Lipinski definition) is 0. The fourth-order valence-corrected chi connectivity index (χ4v) is 9.42. The van der Waals surface area contributed by atoms with Crippen LogP contribution in [0.1, 0.15) is 75.1 Å². The zero-order valence-electron chi connectivity index (χ0n) is 43.9. The van der Waals surface area contributed by atoms with Crippen LogP contribution in [0.3, 0.4) is 0 Å². The third-order valence-corrected chi connectivity index (χ3v) is 13.1. The van der Waals surface area contributed by atoms with Gasteiger partial charge in [0, 0.05) is 90.7 Å². The first kappa shape index (κ1) is 64.7. The van der Waals surface area contributed by atoms with E-state index >= 15 is 0 Å². The summed E-state index contributed by atoms with van der Waals surface area (Å²) in [7, 11) is -21.3. The predicted molar refractivity (Wildman–Crippen MR) is 296 cm³/mol. The van der Waals surface area contributed by atoms with Gasteiger partial charge in [-0.3, -0.25) is 39.9 Å². The summed E-state index contributed by atoms with van der Waals surface area (Å²) >= 11 is 0. The van der Waals surface area contributed by atoms with Gasteiger partial charge in [0.05, 0.1) is 44.1 Å². The molecule has 26 heteroatoms. The van der Waals surface area contributed by atoms with Crippen molar-refractivity contribution < 1.29 is 94.7 Å². The smallest absolute Gasteiger partial charge is 2.00 e. The Bertz CT molecular complexity index is 3870. The molecule has 0 bridgehead atoms. The molecule has 0 fully saturated rings. The maximum absolute atomic E-state index is 14.7. The average Bonchev–Trinajstić information content (AvgIpc) is 2.42. The normalized spacial score (nSPS) is 13.7. The summed E-state index contributed by atoms with van der Waals surface area (Å²) in [5.41, 5.74) is 4.99. The number of fused-ring (bicyclic) bond motifs is 12. The summed E-state index contributed by atoms with van der Waals surface area (Å²) < 4.78 is 118. The Balaban J connectivity index is 0.000000193. The largest absolute Gasteiger partial charge is 2.00 e. The van der Waals surface area contributed by atoms with E-state index in [-0.39, 0.29) is 34.1 Å². The van der Waals surface area contributed by atoms with Gasteiger partial charge in [0.15, 0.2) is 0 Å². The zero-order chi connectivity index (χ0) is 59.1. The van der Waals surface area contributed by atoms with Crippen molar-refractivity contribution in [2.24, 2.45) is 0 Å². The van der Waals surface area contributed by atoms with Crippen molar-refractivity contribution in [3.63, 3.8) is 0 Å². The van der Waals surface area contributed by atoms with Gasteiger partial charge in [-0.15, -0.1) is 0 Å². The minimum Gasteiger partial charge on any atom is 2.00 e. The van der Waals surface area contributed by atoms with E-state index in [1.165, 1.54) is 0 Å². The van der Waals surface area contributed by atoms with E-state index in [1.807, 2.05) is 146 Å². The van der Waals surface area contributed by atoms with Crippen molar-refractivity contribution in [1.29, 1.82) is 0 Å². The first-order chi connectivity index (χ1) is 38.2. The molecule has 0 radical (unpaired) electrons. The molecular formula is C58H46F12Fe2N8O2P2. The molecule has 12 rings (SSSR count). The minimum atomic E-state index is -10.7. The van der Waals surface area contributed by atoms with E-state index in [4.69, 9.17) is 19.9 Å². The van der Waals surface area contributed by atoms with Crippen molar-refractivity contribution in [2.45, 2.75) is 63.6 Å². The first-order valence-electron chi connectivity index (χ1n) is 25.4. The van der Waals surface area contributed by atoms with Gasteiger partial charge in [0.2, 0.25) is 0 Å². The van der Waals surface area contributed by atoms with Crippen LogP contribution in [0, 0.1) is 0 Å². The van der Waals surface area contributed by atoms with Gasteiger partial charge < -0.3 is 10.2 Å². The van der Waals surface area contributed by atoms with E-state index in [9.17, 15) is 60.6 Å². The summed E-state index contributed by atoms with van der Waals surface area (Å²) in [6.45, 7) is 4.19. The molecule has 8 aromatic heterocycles. The fourth-order valence-electron chi connectivity index (χ4n) is 9.42. The van der Waals surface area contributed by atoms with Crippen molar-refractivity contribution >= 4 is 103 Å². The van der Waals surface area contributed by atoms with Crippen molar-refractivity contribution in [3.05, 3.63) is 193 Å². The topological polar surface area (TPSA) is 149 Å². The van der Waals surface area contributed by atoms with Crippen LogP contribution in [-0.2, 0) is 45.3 Å². The maximum Gasteiger partial charge on any atom is 2.00 e. The fraction of sp³-hybridized carbons (Fsp3) is 0.172. The first-order valence-corrected chi connectivity index (χ1v) is 29.4. The average molecular weight is 1290 g/mol. The second-order valence-electron chi connectivity index (χ2n) is 19.4. The number of nitrogens with zero attached hydrogens (tertiary/aromatic N) is 8. The molecule has 10 nitrogen and oxygen atoms in total. The second-order valence-corrected chi connectivity index (χ2v) is 23.2. The predicted octanol–water partition coefficient (Wildman–Crippen LogP) is 18.1. The summed E-state index contributed by atoms with van der Waals surface area (Å²) in [6.07, 6.45) is 11.3. The third kappa shape index (κ3) is 16.3.